The summed E-state index contributed by atoms with van der Waals surface area (Å²) in [5, 5.41) is 2.90. The van der Waals surface area contributed by atoms with E-state index in [0.29, 0.717) is 13.1 Å². The number of hydrogen-bond acceptors (Lipinski definition) is 3. The van der Waals surface area contributed by atoms with Crippen LogP contribution < -0.4 is 5.32 Å². The molecule has 2 amide bonds. The van der Waals surface area contributed by atoms with Crippen molar-refractivity contribution in [1.82, 2.24) is 9.80 Å². The van der Waals surface area contributed by atoms with Crippen LogP contribution in [0.25, 0.3) is 0 Å². The van der Waals surface area contributed by atoms with Crippen molar-refractivity contribution in [2.45, 2.75) is 47.0 Å². The summed E-state index contributed by atoms with van der Waals surface area (Å²) in [5.41, 5.74) is 0.912. The molecular weight excluding hydrogens is 326 g/mol. The number of amides is 2. The summed E-state index contributed by atoms with van der Waals surface area (Å²) in [7, 11) is 0. The topological polar surface area (TPSA) is 52.7 Å². The van der Waals surface area contributed by atoms with E-state index in [1.54, 1.807) is 13.8 Å². The number of likely N-dealkylation sites (N-methyl/N-ethyl adjacent to an activating group) is 1. The maximum atomic E-state index is 12.9. The second kappa shape index (κ2) is 7.78. The first kappa shape index (κ1) is 20.4. The van der Waals surface area contributed by atoms with Gasteiger partial charge >= 0.3 is 0 Å². The van der Waals surface area contributed by atoms with E-state index in [-0.39, 0.29) is 17.2 Å². The first-order chi connectivity index (χ1) is 12.1. The minimum atomic E-state index is -1.09. The lowest BCUT2D eigenvalue weighted by Crippen LogP contribution is -2.54. The lowest BCUT2D eigenvalue weighted by atomic mass is 9.87. The van der Waals surface area contributed by atoms with E-state index in [9.17, 15) is 9.59 Å². The van der Waals surface area contributed by atoms with Crippen LogP contribution in [0.2, 0.25) is 0 Å². The van der Waals surface area contributed by atoms with E-state index in [1.807, 2.05) is 29.2 Å². The number of carbonyl (C=O) groups is 2. The van der Waals surface area contributed by atoms with Gasteiger partial charge in [-0.05, 0) is 43.5 Å². The molecule has 0 saturated carbocycles. The zero-order chi connectivity index (χ0) is 19.5. The van der Waals surface area contributed by atoms with Gasteiger partial charge in [0.15, 0.2) is 0 Å². The molecule has 1 aromatic carbocycles. The molecule has 26 heavy (non-hydrogen) atoms. The fourth-order valence-corrected chi connectivity index (χ4v) is 3.10. The van der Waals surface area contributed by atoms with Crippen molar-refractivity contribution in [3.63, 3.8) is 0 Å². The predicted octanol–water partition coefficient (Wildman–Crippen LogP) is 3.11. The van der Waals surface area contributed by atoms with Crippen LogP contribution in [0.4, 0.5) is 5.69 Å². The minimum absolute atomic E-state index is 0.0679. The Hall–Kier alpha value is -1.88. The fourth-order valence-electron chi connectivity index (χ4n) is 3.10. The van der Waals surface area contributed by atoms with Gasteiger partial charge < -0.3 is 15.1 Å². The molecule has 5 heteroatoms. The smallest absolute Gasteiger partial charge is 0.239 e. The third-order valence-electron chi connectivity index (χ3n) is 5.22. The monoisotopic (exact) mass is 359 g/mol. The maximum Gasteiger partial charge on any atom is 0.239 e. The Morgan fingerprint density at radius 1 is 0.962 bits per heavy atom. The molecule has 0 bridgehead atoms. The zero-order valence-electron chi connectivity index (χ0n) is 17.1. The average Bonchev–Trinajstić information content (AvgIpc) is 2.60. The zero-order valence-corrected chi connectivity index (χ0v) is 17.1. The minimum Gasteiger partial charge on any atom is -0.339 e. The molecular formula is C21H33N3O2. The summed E-state index contributed by atoms with van der Waals surface area (Å²) in [6.45, 7) is 16.1. The van der Waals surface area contributed by atoms with Crippen LogP contribution in [0.15, 0.2) is 24.3 Å². The van der Waals surface area contributed by atoms with Crippen LogP contribution >= 0.6 is 0 Å². The van der Waals surface area contributed by atoms with Gasteiger partial charge in [0.25, 0.3) is 0 Å². The molecule has 5 nitrogen and oxygen atoms in total. The number of hydrogen-bond donors (Lipinski definition) is 1. The summed E-state index contributed by atoms with van der Waals surface area (Å²) >= 11 is 0. The number of benzene rings is 1. The molecule has 1 N–H and O–H groups in total. The highest BCUT2D eigenvalue weighted by Gasteiger charge is 2.40. The fraction of sp³-hybridized carbons (Fsp3) is 0.619. The first-order valence-corrected chi connectivity index (χ1v) is 9.49. The van der Waals surface area contributed by atoms with Crippen molar-refractivity contribution in [3.05, 3.63) is 29.8 Å². The van der Waals surface area contributed by atoms with Crippen LogP contribution in [-0.2, 0) is 15.0 Å². The van der Waals surface area contributed by atoms with Crippen LogP contribution in [0.5, 0.6) is 0 Å². The van der Waals surface area contributed by atoms with Gasteiger partial charge in [-0.2, -0.15) is 0 Å². The molecule has 0 radical (unpaired) electrons. The second-order valence-corrected chi connectivity index (χ2v) is 8.63. The molecule has 0 atom stereocenters. The van der Waals surface area contributed by atoms with E-state index >= 15 is 0 Å². The quantitative estimate of drug-likeness (QED) is 0.841. The van der Waals surface area contributed by atoms with Gasteiger partial charge in [0.2, 0.25) is 11.8 Å². The van der Waals surface area contributed by atoms with E-state index in [0.717, 1.165) is 25.3 Å². The number of nitrogens with one attached hydrogen (secondary N) is 1. The van der Waals surface area contributed by atoms with Crippen LogP contribution in [0.3, 0.4) is 0 Å². The van der Waals surface area contributed by atoms with Gasteiger partial charge in [0.1, 0.15) is 5.41 Å². The molecule has 0 spiro atoms. The largest absolute Gasteiger partial charge is 0.339 e. The van der Waals surface area contributed by atoms with Gasteiger partial charge in [-0.1, -0.05) is 39.8 Å². The Labute approximate surface area is 157 Å². The van der Waals surface area contributed by atoms with E-state index < -0.39 is 5.41 Å². The van der Waals surface area contributed by atoms with Crippen LogP contribution in [0, 0.1) is 5.41 Å². The Balaban J connectivity index is 2.02. The average molecular weight is 360 g/mol. The Kier molecular flexibility index (Phi) is 6.12. The predicted molar refractivity (Wildman–Crippen MR) is 106 cm³/mol. The molecule has 144 valence electrons. The van der Waals surface area contributed by atoms with Crippen molar-refractivity contribution in [2.75, 3.05) is 38.0 Å². The Morgan fingerprint density at radius 2 is 1.50 bits per heavy atom. The molecule has 2 rings (SSSR count). The number of carbonyl (C=O) groups excluding carboxylic acids is 2. The molecule has 1 aliphatic rings. The van der Waals surface area contributed by atoms with Crippen molar-refractivity contribution in [2.24, 2.45) is 5.41 Å². The third kappa shape index (κ3) is 4.64. The number of rotatable bonds is 4. The highest BCUT2D eigenvalue weighted by Crippen LogP contribution is 2.26. The standard InChI is InChI=1S/C21H33N3O2/c1-7-23-12-14-24(15-13-23)19(26)21(5,6)18(25)22-17-10-8-16(9-11-17)20(2,3)4/h8-11H,7,12-15H2,1-6H3,(H,22,25). The van der Waals surface area contributed by atoms with E-state index in [2.05, 4.69) is 37.9 Å². The molecule has 0 aromatic heterocycles. The molecule has 1 heterocycles. The summed E-state index contributed by atoms with van der Waals surface area (Å²) in [6.07, 6.45) is 0. The molecule has 1 aromatic rings. The highest BCUT2D eigenvalue weighted by atomic mass is 16.2. The Morgan fingerprint density at radius 3 is 1.96 bits per heavy atom. The lowest BCUT2D eigenvalue weighted by molar-refractivity contribution is -0.147. The number of nitrogens with zero attached hydrogens (tertiary/aromatic N) is 2. The van der Waals surface area contributed by atoms with Gasteiger partial charge in [0, 0.05) is 31.9 Å². The summed E-state index contributed by atoms with van der Waals surface area (Å²) in [6, 6.07) is 7.85. The highest BCUT2D eigenvalue weighted by molar-refractivity contribution is 6.09. The van der Waals surface area contributed by atoms with Crippen LogP contribution in [0.1, 0.15) is 47.1 Å². The molecule has 0 unspecified atom stereocenters. The van der Waals surface area contributed by atoms with Crippen molar-refractivity contribution in [3.8, 4) is 0 Å². The van der Waals surface area contributed by atoms with Crippen molar-refractivity contribution < 1.29 is 9.59 Å². The molecule has 1 fully saturated rings. The lowest BCUT2D eigenvalue weighted by Gasteiger charge is -2.37. The van der Waals surface area contributed by atoms with Gasteiger partial charge in [-0.25, -0.2) is 0 Å². The van der Waals surface area contributed by atoms with Gasteiger partial charge in [0.05, 0.1) is 0 Å². The third-order valence-corrected chi connectivity index (χ3v) is 5.22. The van der Waals surface area contributed by atoms with Crippen molar-refractivity contribution in [1.29, 1.82) is 0 Å². The van der Waals surface area contributed by atoms with E-state index in [4.69, 9.17) is 0 Å². The van der Waals surface area contributed by atoms with Crippen molar-refractivity contribution >= 4 is 17.5 Å². The van der Waals surface area contributed by atoms with Gasteiger partial charge in [-0.15, -0.1) is 0 Å². The molecule has 0 aliphatic carbocycles. The first-order valence-electron chi connectivity index (χ1n) is 9.49. The Bertz CT molecular complexity index is 636. The van der Waals surface area contributed by atoms with E-state index in [1.165, 1.54) is 5.56 Å². The number of piperazine rings is 1. The summed E-state index contributed by atoms with van der Waals surface area (Å²) in [4.78, 5) is 29.8. The maximum absolute atomic E-state index is 12.9. The SMILES string of the molecule is CCN1CCN(C(=O)C(C)(C)C(=O)Nc2ccc(C(C)(C)C)cc2)CC1. The number of anilines is 1. The second-order valence-electron chi connectivity index (χ2n) is 8.63. The molecule has 1 aliphatic heterocycles. The van der Waals surface area contributed by atoms with Crippen LogP contribution in [-0.4, -0.2) is 54.3 Å². The summed E-state index contributed by atoms with van der Waals surface area (Å²) < 4.78 is 0. The molecule has 1 saturated heterocycles. The normalized spacial score (nSPS) is 16.5. The van der Waals surface area contributed by atoms with Gasteiger partial charge in [-0.3, -0.25) is 9.59 Å². The summed E-state index contributed by atoms with van der Waals surface area (Å²) in [5.74, 6) is -0.360.